The predicted octanol–water partition coefficient (Wildman–Crippen LogP) is 2.67. The second-order valence-corrected chi connectivity index (χ2v) is 4.34. The monoisotopic (exact) mass is 246 g/mol. The summed E-state index contributed by atoms with van der Waals surface area (Å²) in [5, 5.41) is 7.95. The van der Waals surface area contributed by atoms with E-state index in [1.165, 1.54) is 0 Å². The van der Waals surface area contributed by atoms with Crippen LogP contribution in [0.5, 0.6) is 0 Å². The lowest BCUT2D eigenvalue weighted by atomic mass is 10.1. The van der Waals surface area contributed by atoms with Gasteiger partial charge < -0.3 is 0 Å². The molecule has 0 atom stereocenters. The molecule has 0 fully saturated rings. The normalized spacial score (nSPS) is 15.1. The molecule has 1 aliphatic rings. The van der Waals surface area contributed by atoms with Crippen molar-refractivity contribution in [3.8, 4) is 0 Å². The van der Waals surface area contributed by atoms with E-state index in [4.69, 9.17) is 0 Å². The number of hydrogen-bond donors (Lipinski definition) is 0. The third-order valence-electron chi connectivity index (χ3n) is 2.21. The first-order valence-corrected chi connectivity index (χ1v) is 6.14. The highest BCUT2D eigenvalue weighted by Gasteiger charge is 2.09. The maximum absolute atomic E-state index is 11.0. The van der Waals surface area contributed by atoms with Crippen LogP contribution in [0, 0.1) is 0 Å². The molecule has 0 amide bonds. The first kappa shape index (κ1) is 11.5. The summed E-state index contributed by atoms with van der Waals surface area (Å²) in [4.78, 5) is 0.271. The molecule has 0 aromatic heterocycles. The average molecular weight is 246 g/mol. The first-order chi connectivity index (χ1) is 8.27. The van der Waals surface area contributed by atoms with Crippen LogP contribution in [0.2, 0.25) is 0 Å². The fraction of sp³-hybridized carbons (Fsp3) is 0.0833. The lowest BCUT2D eigenvalue weighted by Crippen LogP contribution is -2.03. The summed E-state index contributed by atoms with van der Waals surface area (Å²) in [6, 6.07) is 9.18. The number of allylic oxidation sites excluding steroid dienone is 4. The molecule has 1 aromatic carbocycles. The third-order valence-corrected chi connectivity index (χ3v) is 2.99. The molecule has 0 bridgehead atoms. The van der Waals surface area contributed by atoms with Crippen LogP contribution in [0.4, 0.5) is 5.69 Å². The van der Waals surface area contributed by atoms with Gasteiger partial charge in [-0.3, -0.25) is 0 Å². The Kier molecular flexibility index (Phi) is 3.62. The van der Waals surface area contributed by atoms with E-state index in [2.05, 4.69) is 10.2 Å². The minimum Gasteiger partial charge on any atom is -0.184 e. The van der Waals surface area contributed by atoms with E-state index in [-0.39, 0.29) is 4.86 Å². The van der Waals surface area contributed by atoms with Gasteiger partial charge in [-0.25, -0.2) is 0 Å². The zero-order chi connectivity index (χ0) is 12.1. The van der Waals surface area contributed by atoms with Crippen molar-refractivity contribution >= 4 is 20.8 Å². The lowest BCUT2D eigenvalue weighted by Gasteiger charge is -2.02. The standard InChI is InChI=1S/C12H10N2O2S/c15-17(16)12-9-5-4-8-11(12)14-13-10-6-2-1-3-7-10/h1-8H,9H2. The van der Waals surface area contributed by atoms with E-state index in [1.807, 2.05) is 18.2 Å². The van der Waals surface area contributed by atoms with Crippen LogP contribution in [0.25, 0.3) is 0 Å². The summed E-state index contributed by atoms with van der Waals surface area (Å²) in [6.07, 6.45) is 5.55. The maximum atomic E-state index is 11.0. The molecule has 0 spiro atoms. The second kappa shape index (κ2) is 5.36. The summed E-state index contributed by atoms with van der Waals surface area (Å²) < 4.78 is 21.9. The van der Waals surface area contributed by atoms with Crippen LogP contribution < -0.4 is 0 Å². The van der Waals surface area contributed by atoms with E-state index >= 15 is 0 Å². The molecule has 2 rings (SSSR count). The Labute approximate surface area is 101 Å². The predicted molar refractivity (Wildman–Crippen MR) is 66.7 cm³/mol. The zero-order valence-corrected chi connectivity index (χ0v) is 9.76. The Hall–Kier alpha value is -2.01. The molecule has 17 heavy (non-hydrogen) atoms. The van der Waals surface area contributed by atoms with E-state index < -0.39 is 10.3 Å². The largest absolute Gasteiger partial charge is 0.219 e. The summed E-state index contributed by atoms with van der Waals surface area (Å²) in [7, 11) is -2.25. The van der Waals surface area contributed by atoms with Crippen LogP contribution in [0.1, 0.15) is 6.42 Å². The van der Waals surface area contributed by atoms with Gasteiger partial charge in [-0.15, -0.1) is 5.11 Å². The van der Waals surface area contributed by atoms with Gasteiger partial charge in [-0.2, -0.15) is 13.5 Å². The van der Waals surface area contributed by atoms with Gasteiger partial charge in [0, 0.05) is 6.42 Å². The summed E-state index contributed by atoms with van der Waals surface area (Å²) >= 11 is 0. The van der Waals surface area contributed by atoms with Crippen molar-refractivity contribution in [1.29, 1.82) is 0 Å². The summed E-state index contributed by atoms with van der Waals surface area (Å²) in [5.74, 6) is 0. The number of benzene rings is 1. The average Bonchev–Trinajstić information content (AvgIpc) is 2.38. The summed E-state index contributed by atoms with van der Waals surface area (Å²) in [5.41, 5.74) is 1.09. The Morgan fingerprint density at radius 3 is 2.53 bits per heavy atom. The van der Waals surface area contributed by atoms with E-state index in [0.29, 0.717) is 17.8 Å². The van der Waals surface area contributed by atoms with Crippen LogP contribution in [-0.2, 0) is 10.3 Å². The second-order valence-electron chi connectivity index (χ2n) is 3.38. The molecule has 0 N–H and O–H groups in total. The molecule has 0 unspecified atom stereocenters. The van der Waals surface area contributed by atoms with E-state index in [0.717, 1.165) is 0 Å². The molecule has 5 heteroatoms. The van der Waals surface area contributed by atoms with Crippen LogP contribution >= 0.6 is 0 Å². The van der Waals surface area contributed by atoms with Crippen LogP contribution in [-0.4, -0.2) is 13.3 Å². The molecule has 0 saturated carbocycles. The van der Waals surface area contributed by atoms with Crippen molar-refractivity contribution in [3.63, 3.8) is 0 Å². The molecule has 0 radical (unpaired) electrons. The SMILES string of the molecule is O=S(=O)=C1CC=CC=C1N=Nc1ccccc1. The molecule has 0 heterocycles. The highest BCUT2D eigenvalue weighted by Crippen LogP contribution is 2.15. The van der Waals surface area contributed by atoms with E-state index in [9.17, 15) is 8.42 Å². The topological polar surface area (TPSA) is 58.9 Å². The Morgan fingerprint density at radius 1 is 1.06 bits per heavy atom. The molecule has 86 valence electrons. The van der Waals surface area contributed by atoms with Crippen molar-refractivity contribution in [3.05, 3.63) is 54.3 Å². The van der Waals surface area contributed by atoms with Gasteiger partial charge in [0.15, 0.2) is 0 Å². The van der Waals surface area contributed by atoms with Crippen molar-refractivity contribution in [2.24, 2.45) is 10.2 Å². The Morgan fingerprint density at radius 2 is 1.82 bits per heavy atom. The third kappa shape index (κ3) is 2.98. The molecule has 0 aliphatic heterocycles. The van der Waals surface area contributed by atoms with Gasteiger partial charge in [0.25, 0.3) is 0 Å². The Bertz CT molecular complexity index is 618. The van der Waals surface area contributed by atoms with Crippen molar-refractivity contribution in [1.82, 2.24) is 0 Å². The fourth-order valence-electron chi connectivity index (χ4n) is 1.38. The van der Waals surface area contributed by atoms with Gasteiger partial charge in [0.2, 0.25) is 10.3 Å². The smallest absolute Gasteiger partial charge is 0.184 e. The number of hydrogen-bond acceptors (Lipinski definition) is 4. The molecule has 4 nitrogen and oxygen atoms in total. The number of azo groups is 1. The zero-order valence-electron chi connectivity index (χ0n) is 8.95. The van der Waals surface area contributed by atoms with E-state index in [1.54, 1.807) is 30.4 Å². The molecular weight excluding hydrogens is 236 g/mol. The lowest BCUT2D eigenvalue weighted by molar-refractivity contribution is 0.627. The number of rotatable bonds is 2. The van der Waals surface area contributed by atoms with Crippen molar-refractivity contribution < 1.29 is 8.42 Å². The molecular formula is C12H10N2O2S. The van der Waals surface area contributed by atoms with Gasteiger partial charge in [0.1, 0.15) is 10.6 Å². The van der Waals surface area contributed by atoms with Gasteiger partial charge in [-0.05, 0) is 18.2 Å². The van der Waals surface area contributed by atoms with Crippen molar-refractivity contribution in [2.45, 2.75) is 6.42 Å². The highest BCUT2D eigenvalue weighted by atomic mass is 32.2. The van der Waals surface area contributed by atoms with Crippen LogP contribution in [0.15, 0.2) is 64.5 Å². The molecule has 1 aromatic rings. The van der Waals surface area contributed by atoms with Gasteiger partial charge in [0.05, 0.1) is 5.69 Å². The maximum Gasteiger partial charge on any atom is 0.219 e. The minimum absolute atomic E-state index is 0.271. The molecule has 0 saturated heterocycles. The molecule has 1 aliphatic carbocycles. The van der Waals surface area contributed by atoms with Gasteiger partial charge in [-0.1, -0.05) is 30.4 Å². The fourth-order valence-corrected chi connectivity index (χ4v) is 1.89. The minimum atomic E-state index is -2.25. The highest BCUT2D eigenvalue weighted by molar-refractivity contribution is 7.73. The van der Waals surface area contributed by atoms with Gasteiger partial charge >= 0.3 is 0 Å². The number of nitrogens with zero attached hydrogens (tertiary/aromatic N) is 2. The van der Waals surface area contributed by atoms with Crippen LogP contribution in [0.3, 0.4) is 0 Å². The first-order valence-electron chi connectivity index (χ1n) is 5.06. The quantitative estimate of drug-likeness (QED) is 0.595. The Balaban J connectivity index is 2.30. The summed E-state index contributed by atoms with van der Waals surface area (Å²) in [6.45, 7) is 0. The van der Waals surface area contributed by atoms with Crippen molar-refractivity contribution in [2.75, 3.05) is 0 Å².